The Hall–Kier alpha value is -2.55. The number of nitrogens with one attached hydrogen (secondary N) is 1. The highest BCUT2D eigenvalue weighted by molar-refractivity contribution is 6.38. The average molecular weight is 536 g/mol. The lowest BCUT2D eigenvalue weighted by Gasteiger charge is -2.34. The lowest BCUT2D eigenvalue weighted by atomic mass is 9.97. The van der Waals surface area contributed by atoms with Crippen LogP contribution in [0.3, 0.4) is 0 Å². The Kier molecular flexibility index (Phi) is 7.97. The number of nitrogens with zero attached hydrogens (tertiary/aromatic N) is 2. The summed E-state index contributed by atoms with van der Waals surface area (Å²) in [4.78, 5) is 44.3. The predicted octanol–water partition coefficient (Wildman–Crippen LogP) is 3.50. The zero-order valence-corrected chi connectivity index (χ0v) is 22.2. The lowest BCUT2D eigenvalue weighted by Crippen LogP contribution is -2.45. The van der Waals surface area contributed by atoms with Crippen LogP contribution in [-0.2, 0) is 24.2 Å². The van der Waals surface area contributed by atoms with Gasteiger partial charge in [-0.15, -0.1) is 0 Å². The number of carbonyl (C=O) groups excluding carboxylic acids is 2. The summed E-state index contributed by atoms with van der Waals surface area (Å²) < 4.78 is 6.15. The first-order valence-corrected chi connectivity index (χ1v) is 13.0. The molecule has 0 saturated carbocycles. The summed E-state index contributed by atoms with van der Waals surface area (Å²) in [6.07, 6.45) is 1.10. The van der Waals surface area contributed by atoms with Gasteiger partial charge >= 0.3 is 0 Å². The number of aliphatic hydroxyl groups excluding tert-OH is 1. The number of aromatic amines is 1. The van der Waals surface area contributed by atoms with Crippen LogP contribution in [0.2, 0.25) is 10.0 Å². The minimum absolute atomic E-state index is 0.186. The molecule has 36 heavy (non-hydrogen) atoms. The number of aliphatic hydroxyl groups is 1. The van der Waals surface area contributed by atoms with E-state index in [0.29, 0.717) is 72.8 Å². The number of rotatable bonds is 6. The van der Waals surface area contributed by atoms with Crippen molar-refractivity contribution in [1.82, 2.24) is 14.8 Å². The van der Waals surface area contributed by atoms with Crippen LogP contribution in [0.5, 0.6) is 5.75 Å². The fourth-order valence-electron chi connectivity index (χ4n) is 4.95. The van der Waals surface area contributed by atoms with E-state index >= 15 is 0 Å². The van der Waals surface area contributed by atoms with E-state index in [0.717, 1.165) is 11.3 Å². The number of halogens is 2. The van der Waals surface area contributed by atoms with Gasteiger partial charge in [0.2, 0.25) is 0 Å². The third-order valence-corrected chi connectivity index (χ3v) is 7.63. The molecular formula is C26H31Cl2N3O5. The molecule has 2 amide bonds. The zero-order valence-electron chi connectivity index (χ0n) is 20.7. The van der Waals surface area contributed by atoms with Gasteiger partial charge in [0, 0.05) is 54.8 Å². The van der Waals surface area contributed by atoms with E-state index in [1.165, 1.54) is 6.92 Å². The van der Waals surface area contributed by atoms with Gasteiger partial charge in [0.25, 0.3) is 17.4 Å². The SMILES string of the molecule is CCc1cc(C)[nH]c(=O)c1CN1CCc2c(Cl)cc(OC3CCN(C(=O)[C@H](C)O)CC3)c(Cl)c2C1=O. The second-order valence-corrected chi connectivity index (χ2v) is 10.2. The molecule has 194 valence electrons. The van der Waals surface area contributed by atoms with Crippen LogP contribution in [0.15, 0.2) is 16.9 Å². The molecule has 0 radical (unpaired) electrons. The van der Waals surface area contributed by atoms with E-state index in [9.17, 15) is 19.5 Å². The van der Waals surface area contributed by atoms with Gasteiger partial charge in [0.05, 0.1) is 17.1 Å². The first-order valence-electron chi connectivity index (χ1n) is 12.3. The molecule has 0 unspecified atom stereocenters. The molecule has 1 fully saturated rings. The molecule has 2 aliphatic heterocycles. The number of likely N-dealkylation sites (tertiary alicyclic amines) is 1. The molecule has 8 nitrogen and oxygen atoms in total. The van der Waals surface area contributed by atoms with Crippen molar-refractivity contribution < 1.29 is 19.4 Å². The van der Waals surface area contributed by atoms with Crippen LogP contribution >= 0.6 is 23.2 Å². The van der Waals surface area contributed by atoms with E-state index in [1.54, 1.807) is 15.9 Å². The van der Waals surface area contributed by atoms with Crippen LogP contribution in [0.4, 0.5) is 0 Å². The summed E-state index contributed by atoms with van der Waals surface area (Å²) in [6, 6.07) is 3.59. The number of aromatic nitrogens is 1. The van der Waals surface area contributed by atoms with Crippen molar-refractivity contribution in [3.8, 4) is 5.75 Å². The summed E-state index contributed by atoms with van der Waals surface area (Å²) in [5.41, 5.74) is 3.08. The van der Waals surface area contributed by atoms with E-state index in [-0.39, 0.29) is 35.0 Å². The number of piperidine rings is 1. The average Bonchev–Trinajstić information content (AvgIpc) is 2.84. The third-order valence-electron chi connectivity index (χ3n) is 6.91. The van der Waals surface area contributed by atoms with Crippen molar-refractivity contribution in [1.29, 1.82) is 0 Å². The van der Waals surface area contributed by atoms with E-state index < -0.39 is 6.10 Å². The van der Waals surface area contributed by atoms with Gasteiger partial charge in [0.1, 0.15) is 18.0 Å². The Balaban J connectivity index is 1.54. The molecule has 1 aromatic heterocycles. The Morgan fingerprint density at radius 3 is 2.56 bits per heavy atom. The molecule has 1 atom stereocenters. The van der Waals surface area contributed by atoms with Crippen LogP contribution in [0.1, 0.15) is 59.4 Å². The number of ether oxygens (including phenoxy) is 1. The van der Waals surface area contributed by atoms with E-state index in [4.69, 9.17) is 27.9 Å². The van der Waals surface area contributed by atoms with Gasteiger partial charge in [-0.1, -0.05) is 30.1 Å². The number of fused-ring (bicyclic) bond motifs is 1. The number of pyridine rings is 1. The summed E-state index contributed by atoms with van der Waals surface area (Å²) in [6.45, 7) is 6.81. The predicted molar refractivity (Wildman–Crippen MR) is 138 cm³/mol. The highest BCUT2D eigenvalue weighted by Crippen LogP contribution is 2.40. The van der Waals surface area contributed by atoms with Crippen molar-refractivity contribution in [3.63, 3.8) is 0 Å². The molecule has 4 rings (SSSR count). The molecule has 1 aromatic carbocycles. The molecular weight excluding hydrogens is 505 g/mol. The van der Waals surface area contributed by atoms with Crippen LogP contribution in [0.25, 0.3) is 0 Å². The number of hydrogen-bond donors (Lipinski definition) is 2. The summed E-state index contributed by atoms with van der Waals surface area (Å²) in [7, 11) is 0. The molecule has 1 saturated heterocycles. The van der Waals surface area contributed by atoms with Crippen LogP contribution in [0, 0.1) is 6.92 Å². The minimum atomic E-state index is -1.03. The third kappa shape index (κ3) is 5.26. The van der Waals surface area contributed by atoms with Crippen molar-refractivity contribution in [2.45, 2.75) is 65.2 Å². The molecule has 0 spiro atoms. The fraction of sp³-hybridized carbons (Fsp3) is 0.500. The smallest absolute Gasteiger partial charge is 0.256 e. The number of carbonyl (C=O) groups is 2. The first kappa shape index (κ1) is 26.5. The number of amides is 2. The normalized spacial score (nSPS) is 17.2. The number of benzene rings is 1. The largest absolute Gasteiger partial charge is 0.489 e. The van der Waals surface area contributed by atoms with E-state index in [2.05, 4.69) is 4.98 Å². The summed E-state index contributed by atoms with van der Waals surface area (Å²) in [5.74, 6) is -0.251. The van der Waals surface area contributed by atoms with E-state index in [1.807, 2.05) is 19.9 Å². The molecule has 0 aliphatic carbocycles. The monoisotopic (exact) mass is 535 g/mol. The Morgan fingerprint density at radius 1 is 1.22 bits per heavy atom. The zero-order chi connectivity index (χ0) is 26.1. The molecule has 2 aliphatic rings. The molecule has 2 N–H and O–H groups in total. The number of hydrogen-bond acceptors (Lipinski definition) is 5. The Morgan fingerprint density at radius 2 is 1.92 bits per heavy atom. The summed E-state index contributed by atoms with van der Waals surface area (Å²) in [5, 5.41) is 10.2. The Bertz CT molecular complexity index is 1240. The lowest BCUT2D eigenvalue weighted by molar-refractivity contribution is -0.141. The molecule has 2 aromatic rings. The maximum absolute atomic E-state index is 13.5. The second-order valence-electron chi connectivity index (χ2n) is 9.46. The van der Waals surface area contributed by atoms with Crippen molar-refractivity contribution in [2.75, 3.05) is 19.6 Å². The van der Waals surface area contributed by atoms with Crippen molar-refractivity contribution in [3.05, 3.63) is 60.5 Å². The van der Waals surface area contributed by atoms with Gasteiger partial charge in [-0.3, -0.25) is 14.4 Å². The van der Waals surface area contributed by atoms with Crippen molar-refractivity contribution in [2.24, 2.45) is 0 Å². The van der Waals surface area contributed by atoms with Gasteiger partial charge in [-0.2, -0.15) is 0 Å². The minimum Gasteiger partial charge on any atom is -0.489 e. The van der Waals surface area contributed by atoms with Crippen LogP contribution < -0.4 is 10.3 Å². The highest BCUT2D eigenvalue weighted by atomic mass is 35.5. The highest BCUT2D eigenvalue weighted by Gasteiger charge is 2.33. The number of aryl methyl sites for hydroxylation is 2. The maximum Gasteiger partial charge on any atom is 0.256 e. The second kappa shape index (κ2) is 10.8. The van der Waals surface area contributed by atoms with Gasteiger partial charge in [0.15, 0.2) is 0 Å². The van der Waals surface area contributed by atoms with Crippen LogP contribution in [-0.4, -0.2) is 63.5 Å². The van der Waals surface area contributed by atoms with Crippen molar-refractivity contribution >= 4 is 35.0 Å². The molecule has 3 heterocycles. The first-order chi connectivity index (χ1) is 17.1. The fourth-order valence-corrected chi connectivity index (χ4v) is 5.54. The molecule has 0 bridgehead atoms. The standard InChI is InChI=1S/C26H31Cl2N3O5/c1-4-16-11-14(2)29-24(33)19(16)13-31-10-7-18-20(27)12-21(23(28)22(18)26(31)35)36-17-5-8-30(9-6-17)25(34)15(3)32/h11-12,15,17,32H,4-10,13H2,1-3H3,(H,29,33)/t15-/m0/s1. The summed E-state index contributed by atoms with van der Waals surface area (Å²) >= 11 is 13.3. The quantitative estimate of drug-likeness (QED) is 0.589. The van der Waals surface area contributed by atoms with Gasteiger partial charge in [-0.05, 0) is 43.9 Å². The molecule has 10 heteroatoms. The Labute approximate surface area is 220 Å². The van der Waals surface area contributed by atoms with Gasteiger partial charge in [-0.25, -0.2) is 0 Å². The maximum atomic E-state index is 13.5. The topological polar surface area (TPSA) is 103 Å². The van der Waals surface area contributed by atoms with Gasteiger partial charge < -0.3 is 24.6 Å². The number of H-pyrrole nitrogens is 1.